The van der Waals surface area contributed by atoms with Crippen LogP contribution in [0.25, 0.3) is 5.69 Å². The van der Waals surface area contributed by atoms with Gasteiger partial charge in [0.25, 0.3) is 0 Å². The van der Waals surface area contributed by atoms with Crippen molar-refractivity contribution in [2.45, 2.75) is 48.9 Å². The quantitative estimate of drug-likeness (QED) is 0.413. The van der Waals surface area contributed by atoms with Crippen molar-refractivity contribution in [3.05, 3.63) is 33.2 Å². The Balaban J connectivity index is 1.56. The number of carbonyl (C=O) groups excluding carboxylic acids is 1. The van der Waals surface area contributed by atoms with Crippen LogP contribution in [-0.4, -0.2) is 27.5 Å². The van der Waals surface area contributed by atoms with E-state index in [-0.39, 0.29) is 5.91 Å². The minimum atomic E-state index is 0.0797. The van der Waals surface area contributed by atoms with Gasteiger partial charge in [-0.3, -0.25) is 4.79 Å². The van der Waals surface area contributed by atoms with Gasteiger partial charge in [0.1, 0.15) is 0 Å². The predicted octanol–water partition coefficient (Wildman–Crippen LogP) is 5.25. The Hall–Kier alpha value is -0.890. The second kappa shape index (κ2) is 9.16. The third-order valence-electron chi connectivity index (χ3n) is 4.15. The highest BCUT2D eigenvalue weighted by molar-refractivity contribution is 8.01. The first-order chi connectivity index (χ1) is 12.1. The number of hydrogen-bond donors (Lipinski definition) is 1. The second-order valence-corrected chi connectivity index (χ2v) is 9.35. The first-order valence-electron chi connectivity index (χ1n) is 8.40. The lowest BCUT2D eigenvalue weighted by molar-refractivity contribution is -0.119. The number of amides is 1. The molecule has 1 aliphatic rings. The van der Waals surface area contributed by atoms with Gasteiger partial charge in [0.05, 0.1) is 11.4 Å². The van der Waals surface area contributed by atoms with Crippen LogP contribution in [0.3, 0.4) is 0 Å². The SMILES string of the molecule is O=C(CSc1nn(-c2ccc(Cl)cc2)c(=S)s1)NC1CCCCCC1. The molecule has 0 aliphatic heterocycles. The fourth-order valence-electron chi connectivity index (χ4n) is 2.88. The van der Waals surface area contributed by atoms with Crippen LogP contribution in [0, 0.1) is 3.95 Å². The van der Waals surface area contributed by atoms with E-state index in [0.717, 1.165) is 22.9 Å². The molecule has 1 amide bonds. The number of hydrogen-bond acceptors (Lipinski definition) is 5. The lowest BCUT2D eigenvalue weighted by Crippen LogP contribution is -2.35. The predicted molar refractivity (Wildman–Crippen MR) is 108 cm³/mol. The molecule has 0 unspecified atom stereocenters. The van der Waals surface area contributed by atoms with Crippen molar-refractivity contribution in [1.29, 1.82) is 0 Å². The molecule has 3 rings (SSSR count). The van der Waals surface area contributed by atoms with Gasteiger partial charge >= 0.3 is 0 Å². The van der Waals surface area contributed by atoms with Gasteiger partial charge in [-0.05, 0) is 49.3 Å². The topological polar surface area (TPSA) is 46.9 Å². The summed E-state index contributed by atoms with van der Waals surface area (Å²) in [5.74, 6) is 0.454. The van der Waals surface area contributed by atoms with E-state index in [0.29, 0.717) is 20.8 Å². The Bertz CT molecular complexity index is 764. The molecule has 4 nitrogen and oxygen atoms in total. The smallest absolute Gasteiger partial charge is 0.230 e. The molecule has 0 radical (unpaired) electrons. The molecule has 25 heavy (non-hydrogen) atoms. The van der Waals surface area contributed by atoms with Gasteiger partial charge < -0.3 is 5.32 Å². The Morgan fingerprint density at radius 3 is 2.64 bits per heavy atom. The van der Waals surface area contributed by atoms with Gasteiger partial charge in [-0.1, -0.05) is 60.4 Å². The second-order valence-electron chi connectivity index (χ2n) is 6.07. The maximum atomic E-state index is 12.2. The zero-order chi connectivity index (χ0) is 17.6. The van der Waals surface area contributed by atoms with E-state index in [1.165, 1.54) is 48.8 Å². The maximum Gasteiger partial charge on any atom is 0.230 e. The number of nitrogens with zero attached hydrogens (tertiary/aromatic N) is 2. The lowest BCUT2D eigenvalue weighted by atomic mass is 10.1. The van der Waals surface area contributed by atoms with E-state index in [1.54, 1.807) is 4.68 Å². The van der Waals surface area contributed by atoms with E-state index in [1.807, 2.05) is 24.3 Å². The Labute approximate surface area is 166 Å². The van der Waals surface area contributed by atoms with Gasteiger partial charge in [0.2, 0.25) is 5.91 Å². The van der Waals surface area contributed by atoms with E-state index >= 15 is 0 Å². The standard InChI is InChI=1S/C17H20ClN3OS3/c18-12-7-9-14(10-8-12)21-17(23)25-16(20-21)24-11-15(22)19-13-5-3-1-2-4-6-13/h7-10,13H,1-6,11H2,(H,19,22). The number of benzene rings is 1. The molecule has 0 atom stereocenters. The summed E-state index contributed by atoms with van der Waals surface area (Å²) in [6.45, 7) is 0. The minimum Gasteiger partial charge on any atom is -0.353 e. The van der Waals surface area contributed by atoms with Gasteiger partial charge in [-0.15, -0.1) is 5.10 Å². The summed E-state index contributed by atoms with van der Waals surface area (Å²) in [5.41, 5.74) is 0.875. The van der Waals surface area contributed by atoms with Crippen molar-refractivity contribution < 1.29 is 4.79 Å². The number of nitrogens with one attached hydrogen (secondary N) is 1. The summed E-state index contributed by atoms with van der Waals surface area (Å²) in [4.78, 5) is 12.2. The largest absolute Gasteiger partial charge is 0.353 e. The van der Waals surface area contributed by atoms with E-state index < -0.39 is 0 Å². The molecule has 1 heterocycles. The highest BCUT2D eigenvalue weighted by atomic mass is 35.5. The van der Waals surface area contributed by atoms with Crippen molar-refractivity contribution in [2.75, 3.05) is 5.75 Å². The van der Waals surface area contributed by atoms with Crippen LogP contribution in [0.2, 0.25) is 5.02 Å². The van der Waals surface area contributed by atoms with Gasteiger partial charge in [0, 0.05) is 11.1 Å². The van der Waals surface area contributed by atoms with Crippen LogP contribution < -0.4 is 5.32 Å². The molecule has 2 aromatic rings. The first-order valence-corrected chi connectivity index (χ1v) is 11.0. The van der Waals surface area contributed by atoms with Crippen LogP contribution in [-0.2, 0) is 4.79 Å². The molecule has 0 saturated heterocycles. The number of thioether (sulfide) groups is 1. The van der Waals surface area contributed by atoms with Gasteiger partial charge in [-0.2, -0.15) is 0 Å². The molecule has 1 aromatic carbocycles. The van der Waals surface area contributed by atoms with Crippen molar-refractivity contribution >= 4 is 52.8 Å². The Morgan fingerprint density at radius 2 is 1.96 bits per heavy atom. The van der Waals surface area contributed by atoms with Crippen LogP contribution in [0.5, 0.6) is 0 Å². The fourth-order valence-corrected chi connectivity index (χ4v) is 5.18. The normalized spacial score (nSPS) is 15.7. The first kappa shape index (κ1) is 18.9. The van der Waals surface area contributed by atoms with Crippen molar-refractivity contribution in [2.24, 2.45) is 0 Å². The lowest BCUT2D eigenvalue weighted by Gasteiger charge is -2.15. The van der Waals surface area contributed by atoms with Gasteiger partial charge in [0.15, 0.2) is 8.29 Å². The van der Waals surface area contributed by atoms with Crippen molar-refractivity contribution in [3.8, 4) is 5.69 Å². The van der Waals surface area contributed by atoms with Crippen molar-refractivity contribution in [1.82, 2.24) is 15.1 Å². The monoisotopic (exact) mass is 413 g/mol. The number of carbonyl (C=O) groups is 1. The molecular weight excluding hydrogens is 394 g/mol. The third-order valence-corrected chi connectivity index (χ3v) is 6.76. The molecule has 8 heteroatoms. The van der Waals surface area contributed by atoms with Crippen molar-refractivity contribution in [3.63, 3.8) is 0 Å². The van der Waals surface area contributed by atoms with E-state index in [9.17, 15) is 4.79 Å². The molecule has 134 valence electrons. The Kier molecular flexibility index (Phi) is 6.92. The fraction of sp³-hybridized carbons (Fsp3) is 0.471. The summed E-state index contributed by atoms with van der Waals surface area (Å²) in [6, 6.07) is 7.71. The molecule has 1 aromatic heterocycles. The summed E-state index contributed by atoms with van der Waals surface area (Å²) in [7, 11) is 0. The number of halogens is 1. The minimum absolute atomic E-state index is 0.0797. The highest BCUT2D eigenvalue weighted by Gasteiger charge is 2.15. The molecule has 0 spiro atoms. The molecular formula is C17H20ClN3OS3. The van der Waals surface area contributed by atoms with Gasteiger partial charge in [-0.25, -0.2) is 4.68 Å². The summed E-state index contributed by atoms with van der Waals surface area (Å²) < 4.78 is 3.17. The van der Waals surface area contributed by atoms with E-state index in [4.69, 9.17) is 23.8 Å². The number of aromatic nitrogens is 2. The average Bonchev–Trinajstić information content (AvgIpc) is 2.79. The Morgan fingerprint density at radius 1 is 1.28 bits per heavy atom. The summed E-state index contributed by atoms with van der Waals surface area (Å²) in [5, 5.41) is 8.35. The maximum absolute atomic E-state index is 12.2. The zero-order valence-corrected chi connectivity index (χ0v) is 16.9. The number of rotatable bonds is 5. The summed E-state index contributed by atoms with van der Waals surface area (Å²) in [6.07, 6.45) is 7.19. The highest BCUT2D eigenvalue weighted by Crippen LogP contribution is 2.25. The molecule has 0 bridgehead atoms. The summed E-state index contributed by atoms with van der Waals surface area (Å²) >= 11 is 14.2. The van der Waals surface area contributed by atoms with Crippen LogP contribution >= 0.6 is 46.9 Å². The zero-order valence-electron chi connectivity index (χ0n) is 13.7. The van der Waals surface area contributed by atoms with E-state index in [2.05, 4.69) is 10.4 Å². The molecule has 1 fully saturated rings. The molecule has 1 aliphatic carbocycles. The molecule has 1 N–H and O–H groups in total. The van der Waals surface area contributed by atoms with Crippen LogP contribution in [0.15, 0.2) is 28.6 Å². The average molecular weight is 414 g/mol. The van der Waals surface area contributed by atoms with Crippen LogP contribution in [0.1, 0.15) is 38.5 Å². The van der Waals surface area contributed by atoms with Crippen LogP contribution in [0.4, 0.5) is 0 Å². The third kappa shape index (κ3) is 5.54. The molecule has 1 saturated carbocycles.